The molecule has 20 heavy (non-hydrogen) atoms. The number of nitrogens with zero attached hydrogens (tertiary/aromatic N) is 1. The van der Waals surface area contributed by atoms with Crippen LogP contribution < -0.4 is 5.32 Å². The summed E-state index contributed by atoms with van der Waals surface area (Å²) in [5.74, 6) is -1.10. The molecule has 0 unspecified atom stereocenters. The van der Waals surface area contributed by atoms with Crippen molar-refractivity contribution in [3.8, 4) is 0 Å². The van der Waals surface area contributed by atoms with Crippen molar-refractivity contribution in [2.75, 3.05) is 5.32 Å². The Balaban J connectivity index is 1.92. The summed E-state index contributed by atoms with van der Waals surface area (Å²) < 4.78 is 27.2. The van der Waals surface area contributed by atoms with Crippen molar-refractivity contribution in [1.29, 1.82) is 0 Å². The minimum absolute atomic E-state index is 0.0330. The third kappa shape index (κ3) is 2.22. The van der Waals surface area contributed by atoms with Crippen LogP contribution in [0.15, 0.2) is 36.5 Å². The molecule has 0 aliphatic heterocycles. The Hall–Kier alpha value is -2.43. The Morgan fingerprint density at radius 2 is 1.95 bits per heavy atom. The van der Waals surface area contributed by atoms with Crippen LogP contribution in [0.2, 0.25) is 0 Å². The van der Waals surface area contributed by atoms with E-state index in [4.69, 9.17) is 0 Å². The molecule has 2 aromatic heterocycles. The van der Waals surface area contributed by atoms with Gasteiger partial charge in [-0.1, -0.05) is 6.07 Å². The van der Waals surface area contributed by atoms with Crippen molar-refractivity contribution < 1.29 is 8.78 Å². The number of nitrogens with one attached hydrogen (secondary N) is 2. The minimum atomic E-state index is -0.548. The van der Waals surface area contributed by atoms with Crippen molar-refractivity contribution in [2.45, 2.75) is 13.5 Å². The van der Waals surface area contributed by atoms with E-state index in [1.165, 1.54) is 18.2 Å². The second kappa shape index (κ2) is 4.92. The van der Waals surface area contributed by atoms with Gasteiger partial charge in [-0.15, -0.1) is 0 Å². The van der Waals surface area contributed by atoms with E-state index in [-0.39, 0.29) is 12.1 Å². The first kappa shape index (κ1) is 12.6. The van der Waals surface area contributed by atoms with E-state index in [0.717, 1.165) is 22.4 Å². The molecule has 0 aliphatic carbocycles. The Kier molecular flexibility index (Phi) is 3.10. The lowest BCUT2D eigenvalue weighted by Crippen LogP contribution is -2.05. The molecule has 3 rings (SSSR count). The van der Waals surface area contributed by atoms with Gasteiger partial charge in [0.25, 0.3) is 0 Å². The molecule has 0 spiro atoms. The zero-order chi connectivity index (χ0) is 14.1. The Morgan fingerprint density at radius 1 is 1.20 bits per heavy atom. The third-order valence-electron chi connectivity index (χ3n) is 3.17. The van der Waals surface area contributed by atoms with E-state index in [1.807, 2.05) is 19.1 Å². The number of fused-ring (bicyclic) bond motifs is 1. The van der Waals surface area contributed by atoms with Crippen LogP contribution in [0.5, 0.6) is 0 Å². The van der Waals surface area contributed by atoms with Crippen LogP contribution >= 0.6 is 0 Å². The normalized spacial score (nSPS) is 10.9. The molecule has 0 saturated heterocycles. The molecule has 0 saturated carbocycles. The average Bonchev–Trinajstić information content (AvgIpc) is 2.86. The minimum Gasteiger partial charge on any atom is -0.380 e. The third-order valence-corrected chi connectivity index (χ3v) is 3.17. The van der Waals surface area contributed by atoms with Gasteiger partial charge in [0.2, 0.25) is 0 Å². The Labute approximate surface area is 114 Å². The molecule has 0 bridgehead atoms. The Morgan fingerprint density at radius 3 is 2.70 bits per heavy atom. The molecule has 2 heterocycles. The molecule has 0 aliphatic rings. The van der Waals surface area contributed by atoms with Gasteiger partial charge < -0.3 is 10.3 Å². The standard InChI is InChI=1S/C15H13F2N3/c1-9-7-14(10-5-6-18-15(10)20-9)19-8-11-12(16)3-2-4-13(11)17/h2-7H,8H2,1H3,(H2,18,19,20). The molecule has 5 heteroatoms. The van der Waals surface area contributed by atoms with Crippen LogP contribution in [0.25, 0.3) is 11.0 Å². The highest BCUT2D eigenvalue weighted by atomic mass is 19.1. The number of pyridine rings is 1. The largest absolute Gasteiger partial charge is 0.380 e. The van der Waals surface area contributed by atoms with Crippen LogP contribution in [0.1, 0.15) is 11.3 Å². The SMILES string of the molecule is Cc1cc(NCc2c(F)cccc2F)c2cc[nH]c2n1. The molecule has 0 amide bonds. The van der Waals surface area contributed by atoms with E-state index in [2.05, 4.69) is 15.3 Å². The first-order valence-electron chi connectivity index (χ1n) is 6.26. The number of aryl methyl sites for hydroxylation is 1. The quantitative estimate of drug-likeness (QED) is 0.762. The highest BCUT2D eigenvalue weighted by molar-refractivity contribution is 5.89. The van der Waals surface area contributed by atoms with E-state index in [0.29, 0.717) is 0 Å². The molecule has 0 radical (unpaired) electrons. The fraction of sp³-hybridized carbons (Fsp3) is 0.133. The number of H-pyrrole nitrogens is 1. The predicted octanol–water partition coefficient (Wildman–Crippen LogP) is 3.76. The van der Waals surface area contributed by atoms with Gasteiger partial charge in [0.15, 0.2) is 0 Å². The highest BCUT2D eigenvalue weighted by Gasteiger charge is 2.10. The topological polar surface area (TPSA) is 40.7 Å². The first-order chi connectivity index (χ1) is 9.65. The maximum atomic E-state index is 13.6. The van der Waals surface area contributed by atoms with E-state index >= 15 is 0 Å². The van der Waals surface area contributed by atoms with Crippen molar-refractivity contribution in [1.82, 2.24) is 9.97 Å². The molecule has 3 nitrogen and oxygen atoms in total. The summed E-state index contributed by atoms with van der Waals surface area (Å²) in [6, 6.07) is 7.60. The number of anilines is 1. The summed E-state index contributed by atoms with van der Waals surface area (Å²) in [6.45, 7) is 1.96. The second-order valence-electron chi connectivity index (χ2n) is 4.60. The monoisotopic (exact) mass is 273 g/mol. The second-order valence-corrected chi connectivity index (χ2v) is 4.60. The number of halogens is 2. The van der Waals surface area contributed by atoms with Crippen LogP contribution in [0, 0.1) is 18.6 Å². The Bertz CT molecular complexity index is 745. The van der Waals surface area contributed by atoms with Gasteiger partial charge in [-0.3, -0.25) is 0 Å². The van der Waals surface area contributed by atoms with Gasteiger partial charge >= 0.3 is 0 Å². The fourth-order valence-electron chi connectivity index (χ4n) is 2.20. The molecule has 2 N–H and O–H groups in total. The number of benzene rings is 1. The summed E-state index contributed by atoms with van der Waals surface area (Å²) in [5.41, 5.74) is 2.42. The number of aromatic amines is 1. The van der Waals surface area contributed by atoms with Gasteiger partial charge in [-0.05, 0) is 31.2 Å². The molecule has 3 aromatic rings. The van der Waals surface area contributed by atoms with Crippen molar-refractivity contribution in [3.63, 3.8) is 0 Å². The maximum Gasteiger partial charge on any atom is 0.139 e. The summed E-state index contributed by atoms with van der Waals surface area (Å²) in [6.07, 6.45) is 1.78. The fourth-order valence-corrected chi connectivity index (χ4v) is 2.20. The molecular weight excluding hydrogens is 260 g/mol. The van der Waals surface area contributed by atoms with Gasteiger partial charge in [0.05, 0.1) is 0 Å². The summed E-state index contributed by atoms with van der Waals surface area (Å²) in [4.78, 5) is 7.37. The zero-order valence-corrected chi connectivity index (χ0v) is 10.9. The van der Waals surface area contributed by atoms with E-state index in [1.54, 1.807) is 6.20 Å². The van der Waals surface area contributed by atoms with Crippen molar-refractivity contribution in [2.24, 2.45) is 0 Å². The number of aromatic nitrogens is 2. The number of rotatable bonds is 3. The van der Waals surface area contributed by atoms with Crippen LogP contribution in [0.4, 0.5) is 14.5 Å². The van der Waals surface area contributed by atoms with E-state index in [9.17, 15) is 8.78 Å². The molecular formula is C15H13F2N3. The zero-order valence-electron chi connectivity index (χ0n) is 10.9. The van der Waals surface area contributed by atoms with Gasteiger partial charge in [0.1, 0.15) is 17.3 Å². The summed E-state index contributed by atoms with van der Waals surface area (Å²) in [7, 11) is 0. The number of hydrogen-bond acceptors (Lipinski definition) is 2. The average molecular weight is 273 g/mol. The smallest absolute Gasteiger partial charge is 0.139 e. The lowest BCUT2D eigenvalue weighted by molar-refractivity contribution is 0.560. The highest BCUT2D eigenvalue weighted by Crippen LogP contribution is 2.23. The number of hydrogen-bond donors (Lipinski definition) is 2. The van der Waals surface area contributed by atoms with E-state index < -0.39 is 11.6 Å². The van der Waals surface area contributed by atoms with Gasteiger partial charge in [-0.25, -0.2) is 13.8 Å². The summed E-state index contributed by atoms with van der Waals surface area (Å²) in [5, 5.41) is 3.97. The van der Waals surface area contributed by atoms with Gasteiger partial charge in [-0.2, -0.15) is 0 Å². The molecule has 1 aromatic carbocycles. The van der Waals surface area contributed by atoms with Crippen LogP contribution in [-0.4, -0.2) is 9.97 Å². The maximum absolute atomic E-state index is 13.6. The van der Waals surface area contributed by atoms with Crippen LogP contribution in [0.3, 0.4) is 0 Å². The summed E-state index contributed by atoms with van der Waals surface area (Å²) >= 11 is 0. The first-order valence-corrected chi connectivity index (χ1v) is 6.26. The van der Waals surface area contributed by atoms with Crippen molar-refractivity contribution in [3.05, 3.63) is 59.4 Å². The molecule has 102 valence electrons. The van der Waals surface area contributed by atoms with Crippen molar-refractivity contribution >= 4 is 16.7 Å². The molecule has 0 atom stereocenters. The molecule has 0 fully saturated rings. The van der Waals surface area contributed by atoms with Crippen LogP contribution in [-0.2, 0) is 6.54 Å². The lowest BCUT2D eigenvalue weighted by Gasteiger charge is -2.10. The predicted molar refractivity (Wildman–Crippen MR) is 74.5 cm³/mol. The lowest BCUT2D eigenvalue weighted by atomic mass is 10.2. The van der Waals surface area contributed by atoms with Gasteiger partial charge in [0, 0.05) is 35.1 Å².